The first kappa shape index (κ1) is 18.9. The van der Waals surface area contributed by atoms with Gasteiger partial charge in [0.1, 0.15) is 5.75 Å². The zero-order chi connectivity index (χ0) is 19.5. The van der Waals surface area contributed by atoms with Crippen molar-refractivity contribution in [2.75, 3.05) is 13.1 Å². The van der Waals surface area contributed by atoms with Gasteiger partial charge in [0.05, 0.1) is 5.60 Å². The third kappa shape index (κ3) is 2.91. The molecule has 4 N–H and O–H groups in total. The maximum atomic E-state index is 12.1. The Hall–Kier alpha value is -1.10. The molecule has 1 aliphatic heterocycles. The maximum Gasteiger partial charge on any atom is 0.116 e. The quantitative estimate of drug-likeness (QED) is 0.630. The number of nitrogens with one attached hydrogen (secondary N) is 2. The number of benzene rings is 1. The van der Waals surface area contributed by atoms with E-state index in [1.165, 1.54) is 29.5 Å². The van der Waals surface area contributed by atoms with Crippen LogP contribution in [0.1, 0.15) is 69.1 Å². The highest BCUT2D eigenvalue weighted by molar-refractivity contribution is 5.52. The molecule has 4 atom stereocenters. The molecule has 0 amide bonds. The van der Waals surface area contributed by atoms with Gasteiger partial charge in [0.15, 0.2) is 0 Å². The molecule has 2 bridgehead atoms. The minimum Gasteiger partial charge on any atom is -0.508 e. The minimum absolute atomic E-state index is 0.125. The van der Waals surface area contributed by atoms with E-state index >= 15 is 0 Å². The molecule has 5 rings (SSSR count). The number of phenolic OH excluding ortho intramolecular Hbond substituents is 1. The first-order valence-corrected chi connectivity index (χ1v) is 11.5. The van der Waals surface area contributed by atoms with Crippen molar-refractivity contribution in [3.8, 4) is 5.75 Å². The van der Waals surface area contributed by atoms with Crippen molar-refractivity contribution >= 4 is 0 Å². The van der Waals surface area contributed by atoms with Crippen molar-refractivity contribution < 1.29 is 10.2 Å². The van der Waals surface area contributed by atoms with Crippen LogP contribution in [0.4, 0.5) is 0 Å². The molecule has 4 nitrogen and oxygen atoms in total. The molecule has 4 heteroatoms. The van der Waals surface area contributed by atoms with Gasteiger partial charge in [-0.2, -0.15) is 0 Å². The maximum absolute atomic E-state index is 12.1. The van der Waals surface area contributed by atoms with E-state index in [0.29, 0.717) is 17.7 Å². The van der Waals surface area contributed by atoms with Gasteiger partial charge in [0.25, 0.3) is 0 Å². The highest BCUT2D eigenvalue weighted by atomic mass is 16.3. The monoisotopic (exact) mass is 384 g/mol. The lowest BCUT2D eigenvalue weighted by Gasteiger charge is -2.62. The summed E-state index contributed by atoms with van der Waals surface area (Å²) in [6.07, 6.45) is 8.53. The van der Waals surface area contributed by atoms with Gasteiger partial charge in [-0.05, 0) is 105 Å². The van der Waals surface area contributed by atoms with E-state index in [2.05, 4.69) is 24.5 Å². The summed E-state index contributed by atoms with van der Waals surface area (Å²) in [5, 5.41) is 30.1. The molecule has 0 aromatic heterocycles. The fourth-order valence-corrected chi connectivity index (χ4v) is 6.48. The molecule has 1 aromatic rings. The summed E-state index contributed by atoms with van der Waals surface area (Å²) >= 11 is 0. The van der Waals surface area contributed by atoms with Crippen LogP contribution < -0.4 is 10.6 Å². The minimum atomic E-state index is -0.726. The average Bonchev–Trinajstić information content (AvgIpc) is 3.44. The Morgan fingerprint density at radius 2 is 2.04 bits per heavy atom. The van der Waals surface area contributed by atoms with Crippen LogP contribution in [0.2, 0.25) is 0 Å². The molecule has 0 spiro atoms. The molecule has 1 saturated heterocycles. The van der Waals surface area contributed by atoms with Crippen molar-refractivity contribution in [2.45, 2.75) is 88.3 Å². The lowest BCUT2D eigenvalue weighted by molar-refractivity contribution is -0.131. The van der Waals surface area contributed by atoms with E-state index in [9.17, 15) is 10.2 Å². The lowest BCUT2D eigenvalue weighted by Crippen LogP contribution is -2.73. The van der Waals surface area contributed by atoms with Gasteiger partial charge in [-0.15, -0.1) is 0 Å². The molecular formula is C24H36N2O2. The summed E-state index contributed by atoms with van der Waals surface area (Å²) < 4.78 is 0. The molecule has 3 fully saturated rings. The van der Waals surface area contributed by atoms with Crippen LogP contribution in [0.3, 0.4) is 0 Å². The fraction of sp³-hybridized carbons (Fsp3) is 0.750. The van der Waals surface area contributed by atoms with Crippen LogP contribution >= 0.6 is 0 Å². The van der Waals surface area contributed by atoms with Crippen LogP contribution in [0.25, 0.3) is 0 Å². The zero-order valence-electron chi connectivity index (χ0n) is 17.4. The van der Waals surface area contributed by atoms with Gasteiger partial charge >= 0.3 is 0 Å². The summed E-state index contributed by atoms with van der Waals surface area (Å²) in [6.45, 7) is 6.45. The molecule has 4 aliphatic rings. The van der Waals surface area contributed by atoms with E-state index in [0.717, 1.165) is 57.5 Å². The predicted octanol–water partition coefficient (Wildman–Crippen LogP) is 3.03. The Morgan fingerprint density at radius 1 is 1.21 bits per heavy atom. The van der Waals surface area contributed by atoms with Crippen molar-refractivity contribution in [1.29, 1.82) is 0 Å². The Labute approximate surface area is 169 Å². The standard InChI is InChI=1S/C24H36N2O2/c1-15(2)14-26-18-5-6-23-7-8-25-22(24(23,28)13-18)12-20-17(9-16-3-4-16)10-19(27)11-21(20)23/h10-11,15-16,18,22,25-28H,3-9,12-14H2,1-2H3. The summed E-state index contributed by atoms with van der Waals surface area (Å²) in [5.41, 5.74) is 3.11. The molecule has 0 radical (unpaired) electrons. The van der Waals surface area contributed by atoms with E-state index in [4.69, 9.17) is 0 Å². The topological polar surface area (TPSA) is 64.5 Å². The number of hydrogen-bond acceptors (Lipinski definition) is 4. The van der Waals surface area contributed by atoms with Gasteiger partial charge < -0.3 is 20.8 Å². The smallest absolute Gasteiger partial charge is 0.116 e. The normalized spacial score (nSPS) is 36.9. The summed E-state index contributed by atoms with van der Waals surface area (Å²) in [6, 6.07) is 4.51. The van der Waals surface area contributed by atoms with Gasteiger partial charge in [-0.1, -0.05) is 13.8 Å². The highest BCUT2D eigenvalue weighted by Gasteiger charge is 2.63. The van der Waals surface area contributed by atoms with Gasteiger partial charge in [0.2, 0.25) is 0 Å². The molecule has 28 heavy (non-hydrogen) atoms. The number of piperidine rings is 1. The van der Waals surface area contributed by atoms with Crippen molar-refractivity contribution in [2.24, 2.45) is 11.8 Å². The van der Waals surface area contributed by atoms with Gasteiger partial charge in [-0.25, -0.2) is 0 Å². The Morgan fingerprint density at radius 3 is 2.79 bits per heavy atom. The molecule has 2 saturated carbocycles. The Kier molecular flexibility index (Phi) is 4.53. The molecular weight excluding hydrogens is 348 g/mol. The first-order chi connectivity index (χ1) is 13.4. The number of phenols is 1. The molecule has 154 valence electrons. The summed E-state index contributed by atoms with van der Waals surface area (Å²) in [5.74, 6) is 1.81. The molecule has 1 heterocycles. The first-order valence-electron chi connectivity index (χ1n) is 11.5. The largest absolute Gasteiger partial charge is 0.508 e. The zero-order valence-corrected chi connectivity index (χ0v) is 17.4. The van der Waals surface area contributed by atoms with Gasteiger partial charge in [-0.3, -0.25) is 0 Å². The van der Waals surface area contributed by atoms with Crippen molar-refractivity contribution in [1.82, 2.24) is 10.6 Å². The second kappa shape index (κ2) is 6.72. The highest BCUT2D eigenvalue weighted by Crippen LogP contribution is 2.57. The van der Waals surface area contributed by atoms with Crippen LogP contribution in [-0.2, 0) is 18.3 Å². The van der Waals surface area contributed by atoms with Crippen molar-refractivity contribution in [3.05, 3.63) is 28.8 Å². The molecule has 1 aromatic carbocycles. The van der Waals surface area contributed by atoms with Crippen LogP contribution in [0.5, 0.6) is 5.75 Å². The number of aliphatic hydroxyl groups is 1. The molecule has 4 unspecified atom stereocenters. The van der Waals surface area contributed by atoms with E-state index in [-0.39, 0.29) is 11.5 Å². The van der Waals surface area contributed by atoms with Crippen LogP contribution in [-0.4, -0.2) is 41.0 Å². The average molecular weight is 385 g/mol. The number of aromatic hydroxyl groups is 1. The Balaban J connectivity index is 1.53. The third-order valence-corrected chi connectivity index (χ3v) is 8.10. The van der Waals surface area contributed by atoms with E-state index < -0.39 is 5.60 Å². The van der Waals surface area contributed by atoms with E-state index in [1.807, 2.05) is 12.1 Å². The summed E-state index contributed by atoms with van der Waals surface area (Å²) in [4.78, 5) is 0. The summed E-state index contributed by atoms with van der Waals surface area (Å²) in [7, 11) is 0. The van der Waals surface area contributed by atoms with E-state index in [1.54, 1.807) is 0 Å². The number of rotatable bonds is 5. The van der Waals surface area contributed by atoms with Gasteiger partial charge in [0, 0.05) is 17.5 Å². The second-order valence-corrected chi connectivity index (χ2v) is 10.5. The fourth-order valence-electron chi connectivity index (χ4n) is 6.48. The van der Waals surface area contributed by atoms with Crippen LogP contribution in [0.15, 0.2) is 12.1 Å². The third-order valence-electron chi connectivity index (χ3n) is 8.10. The lowest BCUT2D eigenvalue weighted by atomic mass is 9.49. The molecule has 3 aliphatic carbocycles. The predicted molar refractivity (Wildman–Crippen MR) is 112 cm³/mol. The SMILES string of the molecule is CC(C)CNC1CCC23CCNC(Cc4c(CC5CC5)cc(O)cc42)C3(O)C1. The number of fused-ring (bicyclic) bond motifs is 1. The second-order valence-electron chi connectivity index (χ2n) is 10.5. The Bertz CT molecular complexity index is 759. The van der Waals surface area contributed by atoms with Crippen LogP contribution in [0, 0.1) is 11.8 Å². The number of hydrogen-bond donors (Lipinski definition) is 4. The van der Waals surface area contributed by atoms with Crippen molar-refractivity contribution in [3.63, 3.8) is 0 Å².